The summed E-state index contributed by atoms with van der Waals surface area (Å²) in [4.78, 5) is 21.0. The van der Waals surface area contributed by atoms with Crippen LogP contribution >= 0.6 is 0 Å². The molecule has 0 radical (unpaired) electrons. The normalized spacial score (nSPS) is 11.4. The van der Waals surface area contributed by atoms with Gasteiger partial charge in [0.1, 0.15) is 11.6 Å². The van der Waals surface area contributed by atoms with Crippen LogP contribution in [-0.2, 0) is 4.79 Å². The molecule has 7 nitrogen and oxygen atoms in total. The summed E-state index contributed by atoms with van der Waals surface area (Å²) in [5.41, 5.74) is 0.0992. The molecule has 0 aromatic heterocycles. The van der Waals surface area contributed by atoms with Crippen LogP contribution in [0.3, 0.4) is 0 Å². The third-order valence-electron chi connectivity index (χ3n) is 2.71. The maximum Gasteiger partial charge on any atom is 0.308 e. The Morgan fingerprint density at radius 1 is 1.63 bits per heavy atom. The van der Waals surface area contributed by atoms with Crippen LogP contribution in [0.5, 0.6) is 0 Å². The fourth-order valence-corrected chi connectivity index (χ4v) is 1.53. The molecule has 0 heterocycles. The van der Waals surface area contributed by atoms with Crippen molar-refractivity contribution in [1.82, 2.24) is 0 Å². The molecule has 2 N–H and O–H groups in total. The van der Waals surface area contributed by atoms with Gasteiger partial charge < -0.3 is 10.4 Å². The largest absolute Gasteiger partial charge is 0.481 e. The number of carboxylic acid groups (broad SMARTS) is 1. The summed E-state index contributed by atoms with van der Waals surface area (Å²) in [5.74, 6) is -1.48. The Morgan fingerprint density at radius 2 is 2.32 bits per heavy atom. The van der Waals surface area contributed by atoms with E-state index < -0.39 is 16.8 Å². The van der Waals surface area contributed by atoms with E-state index in [-0.39, 0.29) is 17.8 Å². The van der Waals surface area contributed by atoms with Crippen molar-refractivity contribution in [3.63, 3.8) is 0 Å². The molecular weight excluding hydrogens is 250 g/mol. The Morgan fingerprint density at radius 3 is 2.79 bits per heavy atom. The van der Waals surface area contributed by atoms with Crippen molar-refractivity contribution >= 4 is 17.3 Å². The van der Waals surface area contributed by atoms with E-state index in [1.807, 2.05) is 0 Å². The topological polar surface area (TPSA) is 116 Å². The van der Waals surface area contributed by atoms with Crippen LogP contribution in [0.4, 0.5) is 11.4 Å². The summed E-state index contributed by atoms with van der Waals surface area (Å²) in [6.07, 6.45) is 0.459. The number of rotatable bonds is 6. The molecule has 0 amide bonds. The van der Waals surface area contributed by atoms with Crippen molar-refractivity contribution in [2.45, 2.75) is 13.3 Å². The summed E-state index contributed by atoms with van der Waals surface area (Å²) in [6.45, 7) is 1.93. The average Bonchev–Trinajstić information content (AvgIpc) is 2.38. The second kappa shape index (κ2) is 6.35. The number of nitriles is 1. The first-order valence-electron chi connectivity index (χ1n) is 5.64. The molecule has 0 aliphatic heterocycles. The van der Waals surface area contributed by atoms with Gasteiger partial charge in [-0.05, 0) is 18.6 Å². The van der Waals surface area contributed by atoms with E-state index in [1.54, 1.807) is 13.0 Å². The Hall–Kier alpha value is -2.62. The molecule has 1 unspecified atom stereocenters. The molecule has 0 bridgehead atoms. The van der Waals surface area contributed by atoms with Crippen LogP contribution in [-0.4, -0.2) is 22.5 Å². The van der Waals surface area contributed by atoms with Gasteiger partial charge in [0.15, 0.2) is 0 Å². The first kappa shape index (κ1) is 14.4. The van der Waals surface area contributed by atoms with E-state index in [0.717, 1.165) is 0 Å². The second-order valence-electron chi connectivity index (χ2n) is 3.93. The fourth-order valence-electron chi connectivity index (χ4n) is 1.53. The molecule has 100 valence electrons. The average molecular weight is 263 g/mol. The zero-order valence-corrected chi connectivity index (χ0v) is 10.3. The van der Waals surface area contributed by atoms with Crippen molar-refractivity contribution in [3.8, 4) is 6.07 Å². The number of aliphatic carboxylic acids is 1. The van der Waals surface area contributed by atoms with Gasteiger partial charge in [-0.15, -0.1) is 0 Å². The van der Waals surface area contributed by atoms with Gasteiger partial charge >= 0.3 is 5.97 Å². The van der Waals surface area contributed by atoms with Gasteiger partial charge in [0.25, 0.3) is 5.69 Å². The predicted molar refractivity (Wildman–Crippen MR) is 67.7 cm³/mol. The number of benzene rings is 1. The Labute approximate surface area is 109 Å². The van der Waals surface area contributed by atoms with Gasteiger partial charge in [-0.2, -0.15) is 5.26 Å². The Balaban J connectivity index is 2.86. The highest BCUT2D eigenvalue weighted by molar-refractivity contribution is 5.71. The van der Waals surface area contributed by atoms with Gasteiger partial charge in [0.05, 0.1) is 10.8 Å². The summed E-state index contributed by atoms with van der Waals surface area (Å²) < 4.78 is 0. The van der Waals surface area contributed by atoms with E-state index in [9.17, 15) is 14.9 Å². The van der Waals surface area contributed by atoms with Crippen molar-refractivity contribution in [3.05, 3.63) is 33.9 Å². The first-order valence-corrected chi connectivity index (χ1v) is 5.64. The van der Waals surface area contributed by atoms with Crippen molar-refractivity contribution in [2.24, 2.45) is 5.92 Å². The van der Waals surface area contributed by atoms with Crippen LogP contribution in [0.2, 0.25) is 0 Å². The van der Waals surface area contributed by atoms with Gasteiger partial charge in [-0.1, -0.05) is 6.92 Å². The van der Waals surface area contributed by atoms with E-state index in [2.05, 4.69) is 5.32 Å². The summed E-state index contributed by atoms with van der Waals surface area (Å²) in [7, 11) is 0. The number of nitrogens with one attached hydrogen (secondary N) is 1. The molecule has 7 heteroatoms. The Bertz CT molecular complexity index is 536. The summed E-state index contributed by atoms with van der Waals surface area (Å²) in [6, 6.07) is 5.81. The van der Waals surface area contributed by atoms with Gasteiger partial charge in [-0.25, -0.2) is 0 Å². The molecule has 0 spiro atoms. The van der Waals surface area contributed by atoms with E-state index in [1.165, 1.54) is 18.2 Å². The number of nitro benzene ring substituents is 1. The number of carbonyl (C=O) groups is 1. The summed E-state index contributed by atoms with van der Waals surface area (Å²) in [5, 5.41) is 31.2. The van der Waals surface area contributed by atoms with Crippen molar-refractivity contribution in [2.75, 3.05) is 11.9 Å². The molecule has 0 aliphatic carbocycles. The zero-order chi connectivity index (χ0) is 14.4. The minimum absolute atomic E-state index is 0.0270. The highest BCUT2D eigenvalue weighted by Gasteiger charge is 2.17. The lowest BCUT2D eigenvalue weighted by Crippen LogP contribution is -2.22. The number of hydrogen-bond donors (Lipinski definition) is 2. The molecule has 0 saturated carbocycles. The molecule has 19 heavy (non-hydrogen) atoms. The second-order valence-corrected chi connectivity index (χ2v) is 3.93. The van der Waals surface area contributed by atoms with E-state index >= 15 is 0 Å². The van der Waals surface area contributed by atoms with Gasteiger partial charge in [-0.3, -0.25) is 14.9 Å². The monoisotopic (exact) mass is 263 g/mol. The maximum absolute atomic E-state index is 10.8. The summed E-state index contributed by atoms with van der Waals surface area (Å²) >= 11 is 0. The van der Waals surface area contributed by atoms with Gasteiger partial charge in [0.2, 0.25) is 0 Å². The van der Waals surface area contributed by atoms with Crippen molar-refractivity contribution in [1.29, 1.82) is 5.26 Å². The predicted octanol–water partition coefficient (Wildman–Crippen LogP) is 1.99. The number of nitro groups is 1. The van der Waals surface area contributed by atoms with Crippen LogP contribution < -0.4 is 5.32 Å². The standard InChI is InChI=1S/C12H13N3O4/c1-2-8(12(16)17)7-14-10-4-3-9(6-13)11(5-10)15(18)19/h3-5,8,14H,2,7H2,1H3,(H,16,17). The molecule has 1 aromatic carbocycles. The molecular formula is C12H13N3O4. The molecule has 0 saturated heterocycles. The maximum atomic E-state index is 10.8. The molecule has 1 atom stereocenters. The van der Waals surface area contributed by atoms with Crippen LogP contribution in [0.15, 0.2) is 18.2 Å². The first-order chi connectivity index (χ1) is 8.99. The minimum atomic E-state index is -0.918. The van der Waals surface area contributed by atoms with Crippen LogP contribution in [0.25, 0.3) is 0 Å². The van der Waals surface area contributed by atoms with Crippen LogP contribution in [0.1, 0.15) is 18.9 Å². The minimum Gasteiger partial charge on any atom is -0.481 e. The number of anilines is 1. The van der Waals surface area contributed by atoms with E-state index in [4.69, 9.17) is 10.4 Å². The fraction of sp³-hybridized carbons (Fsp3) is 0.333. The quantitative estimate of drug-likeness (QED) is 0.598. The molecule has 1 rings (SSSR count). The smallest absolute Gasteiger partial charge is 0.308 e. The zero-order valence-electron chi connectivity index (χ0n) is 10.3. The molecule has 0 aliphatic rings. The number of carboxylic acids is 1. The molecule has 0 fully saturated rings. The third-order valence-corrected chi connectivity index (χ3v) is 2.71. The van der Waals surface area contributed by atoms with E-state index in [0.29, 0.717) is 12.1 Å². The Kier molecular flexibility index (Phi) is 4.83. The third kappa shape index (κ3) is 3.67. The van der Waals surface area contributed by atoms with Crippen molar-refractivity contribution < 1.29 is 14.8 Å². The lowest BCUT2D eigenvalue weighted by atomic mass is 10.1. The van der Waals surface area contributed by atoms with Crippen LogP contribution in [0, 0.1) is 27.4 Å². The lowest BCUT2D eigenvalue weighted by Gasteiger charge is -2.12. The molecule has 1 aromatic rings. The lowest BCUT2D eigenvalue weighted by molar-refractivity contribution is -0.385. The highest BCUT2D eigenvalue weighted by Crippen LogP contribution is 2.22. The SMILES string of the molecule is CCC(CNc1ccc(C#N)c([N+](=O)[O-])c1)C(=O)O. The number of nitrogens with zero attached hydrogens (tertiary/aromatic N) is 2. The highest BCUT2D eigenvalue weighted by atomic mass is 16.6. The van der Waals surface area contributed by atoms with Gasteiger partial charge in [0, 0.05) is 18.3 Å². The number of hydrogen-bond acceptors (Lipinski definition) is 5.